The van der Waals surface area contributed by atoms with E-state index in [1.165, 1.54) is 18.2 Å². The molecule has 0 spiro atoms. The first-order valence-electron chi connectivity index (χ1n) is 7.98. The fraction of sp³-hybridized carbons (Fsp3) is 0.222. The number of amides is 2. The van der Waals surface area contributed by atoms with Crippen LogP contribution in [-0.2, 0) is 4.79 Å². The lowest BCUT2D eigenvalue weighted by Crippen LogP contribution is -2.37. The van der Waals surface area contributed by atoms with E-state index in [0.717, 1.165) is 0 Å². The van der Waals surface area contributed by atoms with Crippen LogP contribution in [0.1, 0.15) is 16.8 Å². The highest BCUT2D eigenvalue weighted by Gasteiger charge is 2.32. The van der Waals surface area contributed by atoms with Crippen molar-refractivity contribution in [2.24, 2.45) is 0 Å². The molecule has 0 radical (unpaired) electrons. The van der Waals surface area contributed by atoms with E-state index in [9.17, 15) is 19.7 Å². The maximum atomic E-state index is 12.4. The molecule has 3 rings (SSSR count). The monoisotopic (exact) mass is 355 g/mol. The molecule has 0 aliphatic carbocycles. The molecule has 1 N–H and O–H groups in total. The van der Waals surface area contributed by atoms with Crippen LogP contribution in [-0.4, -0.2) is 36.4 Å². The first-order valence-corrected chi connectivity index (χ1v) is 7.98. The van der Waals surface area contributed by atoms with Gasteiger partial charge in [0.2, 0.25) is 5.91 Å². The summed E-state index contributed by atoms with van der Waals surface area (Å²) in [6.45, 7) is 0.303. The molecule has 1 saturated heterocycles. The first-order chi connectivity index (χ1) is 12.5. The highest BCUT2D eigenvalue weighted by molar-refractivity contribution is 6.00. The molecule has 134 valence electrons. The van der Waals surface area contributed by atoms with Gasteiger partial charge in [0, 0.05) is 24.7 Å². The fourth-order valence-corrected chi connectivity index (χ4v) is 2.90. The average molecular weight is 355 g/mol. The van der Waals surface area contributed by atoms with Crippen molar-refractivity contribution in [1.29, 1.82) is 0 Å². The van der Waals surface area contributed by atoms with Gasteiger partial charge in [0.15, 0.2) is 0 Å². The summed E-state index contributed by atoms with van der Waals surface area (Å²) in [5, 5.41) is 13.8. The zero-order valence-electron chi connectivity index (χ0n) is 14.0. The molecular formula is C18H17N3O5. The van der Waals surface area contributed by atoms with E-state index in [1.807, 2.05) is 0 Å². The number of para-hydroxylation sites is 1. The molecule has 1 aliphatic heterocycles. The Morgan fingerprint density at radius 1 is 1.23 bits per heavy atom. The minimum absolute atomic E-state index is 0.0205. The molecule has 0 aromatic heterocycles. The maximum Gasteiger partial charge on any atom is 0.282 e. The minimum Gasteiger partial charge on any atom is -0.497 e. The number of hydrogen-bond donors (Lipinski definition) is 1. The molecule has 1 fully saturated rings. The van der Waals surface area contributed by atoms with Crippen molar-refractivity contribution >= 4 is 23.2 Å². The van der Waals surface area contributed by atoms with Crippen LogP contribution in [0.3, 0.4) is 0 Å². The number of nitrogens with one attached hydrogen (secondary N) is 1. The highest BCUT2D eigenvalue weighted by Crippen LogP contribution is 2.25. The van der Waals surface area contributed by atoms with Crippen molar-refractivity contribution in [1.82, 2.24) is 5.32 Å². The summed E-state index contributed by atoms with van der Waals surface area (Å²) in [6, 6.07) is 12.3. The van der Waals surface area contributed by atoms with E-state index in [2.05, 4.69) is 5.32 Å². The molecule has 0 saturated carbocycles. The van der Waals surface area contributed by atoms with Gasteiger partial charge in [-0.2, -0.15) is 0 Å². The lowest BCUT2D eigenvalue weighted by atomic mass is 10.1. The second-order valence-corrected chi connectivity index (χ2v) is 5.85. The Kier molecular flexibility index (Phi) is 4.83. The quantitative estimate of drug-likeness (QED) is 0.654. The summed E-state index contributed by atoms with van der Waals surface area (Å²) in [6.07, 6.45) is 0.137. The van der Waals surface area contributed by atoms with Crippen LogP contribution in [0.4, 0.5) is 11.4 Å². The average Bonchev–Trinajstić information content (AvgIpc) is 3.01. The number of anilines is 1. The van der Waals surface area contributed by atoms with Crippen LogP contribution >= 0.6 is 0 Å². The largest absolute Gasteiger partial charge is 0.497 e. The summed E-state index contributed by atoms with van der Waals surface area (Å²) < 4.78 is 5.10. The Balaban J connectivity index is 1.71. The number of nitro benzene ring substituents is 1. The molecule has 0 bridgehead atoms. The van der Waals surface area contributed by atoms with Gasteiger partial charge in [-0.15, -0.1) is 0 Å². The van der Waals surface area contributed by atoms with E-state index in [4.69, 9.17) is 4.74 Å². The Bertz CT molecular complexity index is 850. The van der Waals surface area contributed by atoms with Crippen LogP contribution in [0.2, 0.25) is 0 Å². The second-order valence-electron chi connectivity index (χ2n) is 5.85. The van der Waals surface area contributed by atoms with Crippen LogP contribution in [0.15, 0.2) is 48.5 Å². The van der Waals surface area contributed by atoms with E-state index in [1.54, 1.807) is 42.3 Å². The van der Waals surface area contributed by atoms with Crippen LogP contribution in [0.5, 0.6) is 5.75 Å². The summed E-state index contributed by atoms with van der Waals surface area (Å²) >= 11 is 0. The topological polar surface area (TPSA) is 102 Å². The molecule has 8 heteroatoms. The number of nitrogens with zero attached hydrogens (tertiary/aromatic N) is 2. The van der Waals surface area contributed by atoms with Gasteiger partial charge in [0.25, 0.3) is 11.6 Å². The van der Waals surface area contributed by atoms with Crippen molar-refractivity contribution in [3.8, 4) is 5.75 Å². The molecule has 1 atom stereocenters. The summed E-state index contributed by atoms with van der Waals surface area (Å²) in [4.78, 5) is 36.7. The van der Waals surface area contributed by atoms with Crippen molar-refractivity contribution < 1.29 is 19.2 Å². The van der Waals surface area contributed by atoms with Gasteiger partial charge in [-0.05, 0) is 30.3 Å². The van der Waals surface area contributed by atoms with Gasteiger partial charge < -0.3 is 15.0 Å². The Hall–Kier alpha value is -3.42. The van der Waals surface area contributed by atoms with Gasteiger partial charge in [-0.3, -0.25) is 19.7 Å². The normalized spacial score (nSPS) is 16.4. The van der Waals surface area contributed by atoms with Gasteiger partial charge >= 0.3 is 0 Å². The Labute approximate surface area is 149 Å². The van der Waals surface area contributed by atoms with Crippen molar-refractivity contribution in [3.63, 3.8) is 0 Å². The van der Waals surface area contributed by atoms with Gasteiger partial charge in [0.1, 0.15) is 11.3 Å². The standard InChI is InChI=1S/C18H17N3O5/c1-26-14-8-6-13(7-9-14)20-11-12(10-17(20)22)19-18(23)15-4-2-3-5-16(15)21(24)25/h2-9,12H,10-11H2,1H3,(H,19,23). The second kappa shape index (κ2) is 7.22. The first kappa shape index (κ1) is 17.4. The van der Waals surface area contributed by atoms with Crippen LogP contribution in [0.25, 0.3) is 0 Å². The zero-order chi connectivity index (χ0) is 18.7. The Morgan fingerprint density at radius 2 is 1.92 bits per heavy atom. The number of ether oxygens (including phenoxy) is 1. The van der Waals surface area contributed by atoms with E-state index < -0.39 is 16.9 Å². The molecule has 2 aromatic carbocycles. The van der Waals surface area contributed by atoms with E-state index in [-0.39, 0.29) is 23.6 Å². The number of carbonyl (C=O) groups excluding carboxylic acids is 2. The summed E-state index contributed by atoms with van der Waals surface area (Å²) in [5.41, 5.74) is 0.424. The molecule has 1 aliphatic rings. The third-order valence-corrected chi connectivity index (χ3v) is 4.19. The number of benzene rings is 2. The minimum atomic E-state index is -0.599. The number of methoxy groups -OCH3 is 1. The van der Waals surface area contributed by atoms with Gasteiger partial charge in [-0.1, -0.05) is 12.1 Å². The molecule has 8 nitrogen and oxygen atoms in total. The SMILES string of the molecule is COc1ccc(N2CC(NC(=O)c3ccccc3[N+](=O)[O-])CC2=O)cc1. The number of carbonyl (C=O) groups is 2. The summed E-state index contributed by atoms with van der Waals surface area (Å²) in [7, 11) is 1.56. The molecule has 1 unspecified atom stereocenters. The molecule has 2 amide bonds. The number of hydrogen-bond acceptors (Lipinski definition) is 5. The van der Waals surface area contributed by atoms with Crippen LogP contribution in [0, 0.1) is 10.1 Å². The van der Waals surface area contributed by atoms with Crippen molar-refractivity contribution in [2.75, 3.05) is 18.6 Å². The predicted molar refractivity (Wildman–Crippen MR) is 94.3 cm³/mol. The number of rotatable bonds is 5. The zero-order valence-corrected chi connectivity index (χ0v) is 14.0. The van der Waals surface area contributed by atoms with Crippen molar-refractivity contribution in [2.45, 2.75) is 12.5 Å². The third kappa shape index (κ3) is 3.49. The lowest BCUT2D eigenvalue weighted by Gasteiger charge is -2.17. The van der Waals surface area contributed by atoms with Gasteiger partial charge in [-0.25, -0.2) is 0 Å². The highest BCUT2D eigenvalue weighted by atomic mass is 16.6. The predicted octanol–water partition coefficient (Wildman–Crippen LogP) is 2.14. The number of nitro groups is 1. The molecule has 2 aromatic rings. The lowest BCUT2D eigenvalue weighted by molar-refractivity contribution is -0.385. The smallest absolute Gasteiger partial charge is 0.282 e. The molecule has 26 heavy (non-hydrogen) atoms. The van der Waals surface area contributed by atoms with E-state index >= 15 is 0 Å². The van der Waals surface area contributed by atoms with Crippen LogP contribution < -0.4 is 15.0 Å². The summed E-state index contributed by atoms with van der Waals surface area (Å²) in [5.74, 6) is -0.00338. The van der Waals surface area contributed by atoms with Crippen molar-refractivity contribution in [3.05, 3.63) is 64.2 Å². The molecular weight excluding hydrogens is 338 g/mol. The van der Waals surface area contributed by atoms with Gasteiger partial charge in [0.05, 0.1) is 18.1 Å². The third-order valence-electron chi connectivity index (χ3n) is 4.19. The Morgan fingerprint density at radius 3 is 2.58 bits per heavy atom. The maximum absolute atomic E-state index is 12.4. The molecule has 1 heterocycles. The fourth-order valence-electron chi connectivity index (χ4n) is 2.90. The van der Waals surface area contributed by atoms with E-state index in [0.29, 0.717) is 18.0 Å².